The maximum absolute atomic E-state index is 14.1. The summed E-state index contributed by atoms with van der Waals surface area (Å²) >= 11 is 0. The van der Waals surface area contributed by atoms with Gasteiger partial charge in [-0.05, 0) is 93.6 Å². The number of esters is 1. The van der Waals surface area contributed by atoms with Gasteiger partial charge in [0, 0.05) is 62.2 Å². The Labute approximate surface area is 568 Å². The molecule has 0 aromatic heterocycles. The van der Waals surface area contributed by atoms with Gasteiger partial charge in [-0.3, -0.25) is 14.4 Å². The Bertz CT molecular complexity index is 3180. The molecule has 0 spiro atoms. The highest BCUT2D eigenvalue weighted by molar-refractivity contribution is 5.94. The average molecular weight is 1350 g/mol. The van der Waals surface area contributed by atoms with Crippen molar-refractivity contribution < 1.29 is 93.9 Å². The molecule has 0 saturated carbocycles. The van der Waals surface area contributed by atoms with Crippen LogP contribution in [0.2, 0.25) is 0 Å². The molecule has 23 nitrogen and oxygen atoms in total. The third-order valence-corrected chi connectivity index (χ3v) is 18.1. The second-order valence-corrected chi connectivity index (χ2v) is 26.1. The Balaban J connectivity index is 1.07. The van der Waals surface area contributed by atoms with E-state index < -0.39 is 152 Å². The number of likely N-dealkylation sites (N-methyl/N-ethyl adjacent to an activating group) is 1. The molecule has 3 heterocycles. The summed E-state index contributed by atoms with van der Waals surface area (Å²) in [6.07, 6.45) is 2.04. The number of allylic oxidation sites excluding steroid dienone is 12. The van der Waals surface area contributed by atoms with E-state index in [1.807, 2.05) is 86.6 Å². The predicted octanol–water partition coefficient (Wildman–Crippen LogP) is 4.81. The van der Waals surface area contributed by atoms with E-state index in [2.05, 4.69) is 28.1 Å². The first-order valence-corrected chi connectivity index (χ1v) is 33.4. The third kappa shape index (κ3) is 23.3. The lowest BCUT2D eigenvalue weighted by Crippen LogP contribution is -2.64. The smallest absolute Gasteiger partial charge is 0.407 e. The first-order chi connectivity index (χ1) is 46.3. The van der Waals surface area contributed by atoms with Crippen molar-refractivity contribution in [3.63, 3.8) is 0 Å². The molecular weight excluding hydrogens is 1250 g/mol. The van der Waals surface area contributed by atoms with Crippen molar-refractivity contribution in [2.24, 2.45) is 17.8 Å². The van der Waals surface area contributed by atoms with Crippen LogP contribution in [0, 0.1) is 17.8 Å². The largest absolute Gasteiger partial charge is 0.462 e. The van der Waals surface area contributed by atoms with Gasteiger partial charge in [-0.25, -0.2) is 4.79 Å². The number of aliphatic hydroxyl groups is 10. The van der Waals surface area contributed by atoms with Crippen LogP contribution in [0.5, 0.6) is 0 Å². The number of hydrogen-bond acceptors (Lipinski definition) is 20. The number of nitrogens with one attached hydrogen (secondary N) is 3. The third-order valence-electron chi connectivity index (χ3n) is 18.1. The normalized spacial score (nSPS) is 34.7. The van der Waals surface area contributed by atoms with Crippen molar-refractivity contribution in [1.82, 2.24) is 20.9 Å². The summed E-state index contributed by atoms with van der Waals surface area (Å²) in [5.74, 6) is -6.71. The molecule has 2 bridgehead atoms. The highest BCUT2D eigenvalue weighted by Crippen LogP contribution is 2.45. The van der Waals surface area contributed by atoms with Crippen molar-refractivity contribution in [2.45, 2.75) is 189 Å². The topological polar surface area (TPSA) is 356 Å². The summed E-state index contributed by atoms with van der Waals surface area (Å²) in [5, 5.41) is 122. The number of aliphatic hydroxyl groups excluding tert-OH is 9. The predicted molar refractivity (Wildman–Crippen MR) is 363 cm³/mol. The Morgan fingerprint density at radius 3 is 1.82 bits per heavy atom. The van der Waals surface area contributed by atoms with Gasteiger partial charge in [0.2, 0.25) is 5.91 Å². The van der Waals surface area contributed by atoms with Crippen molar-refractivity contribution in [3.05, 3.63) is 180 Å². The Kier molecular flexibility index (Phi) is 30.1. The molecule has 2 fully saturated rings. The molecule has 3 aliphatic heterocycles. The summed E-state index contributed by atoms with van der Waals surface area (Å²) in [7, 11) is 3.62. The molecule has 97 heavy (non-hydrogen) atoms. The second-order valence-electron chi connectivity index (χ2n) is 26.1. The number of fused-ring (bicyclic) bond motifs is 5. The number of carbonyl (C=O) groups is 4. The van der Waals surface area contributed by atoms with Crippen molar-refractivity contribution in [1.29, 1.82) is 0 Å². The Hall–Kier alpha value is -7.04. The summed E-state index contributed by atoms with van der Waals surface area (Å²) in [6, 6.07) is 21.0. The summed E-state index contributed by atoms with van der Waals surface area (Å²) in [6.45, 7) is 7.54. The number of ether oxygens (including phenoxy) is 5. The molecule has 3 amide bonds. The van der Waals surface area contributed by atoms with Crippen LogP contribution in [-0.4, -0.2) is 211 Å². The number of cyclic esters (lactones) is 1. The molecule has 0 radical (unpaired) electrons. The minimum absolute atomic E-state index is 0.0861. The molecule has 4 aliphatic rings. The molecule has 13 N–H and O–H groups in total. The van der Waals surface area contributed by atoms with Gasteiger partial charge in [0.15, 0.2) is 12.1 Å². The van der Waals surface area contributed by atoms with Gasteiger partial charge in [-0.1, -0.05) is 160 Å². The molecule has 0 unspecified atom stereocenters. The van der Waals surface area contributed by atoms with Crippen LogP contribution >= 0.6 is 0 Å². The number of hydrogen-bond donors (Lipinski definition) is 13. The maximum atomic E-state index is 14.1. The van der Waals surface area contributed by atoms with Gasteiger partial charge in [0.05, 0.1) is 79.4 Å². The van der Waals surface area contributed by atoms with Crippen LogP contribution in [0.3, 0.4) is 0 Å². The summed E-state index contributed by atoms with van der Waals surface area (Å²) in [4.78, 5) is 55.7. The first kappa shape index (κ1) is 77.3. The Morgan fingerprint density at radius 2 is 1.21 bits per heavy atom. The molecule has 23 heteroatoms. The van der Waals surface area contributed by atoms with Gasteiger partial charge in [-0.2, -0.15) is 0 Å². The molecule has 2 saturated heterocycles. The fraction of sp³-hybridized carbons (Fsp3) is 0.514. The van der Waals surface area contributed by atoms with Crippen LogP contribution in [-0.2, 0) is 39.8 Å². The van der Waals surface area contributed by atoms with Crippen molar-refractivity contribution in [2.75, 3.05) is 33.8 Å². The maximum Gasteiger partial charge on any atom is 0.407 e. The van der Waals surface area contributed by atoms with E-state index in [1.165, 1.54) is 19.1 Å². The van der Waals surface area contributed by atoms with Gasteiger partial charge >= 0.3 is 12.1 Å². The SMILES string of the molecule is C[C@@H]1[C@H](O)[C@@H](C)/C=C/C=C/C=C/C=C/C=C/C=C/C=C/[C@H](O[C@@H]2O[C@H](C)[C@@H](O)[C@H](NC(=O)c3ccc(CNC(=O)OCC4c5ccccc5-c5ccccc54)cc3)[C@@H]2O)C[C@@H]2O[C@](O)(C[C@@H](O)[C@H](O)CC[C@@H](O)C[C@@H](O)C[C@@H](O)CC(=O)O[C@H]1C)C[C@H](O)[C@H]2C(=O)NCCN(C)C. The number of alkyl carbamates (subject to hydrolysis) is 1. The van der Waals surface area contributed by atoms with Gasteiger partial charge < -0.3 is 95.6 Å². The van der Waals surface area contributed by atoms with Crippen LogP contribution in [0.25, 0.3) is 11.1 Å². The van der Waals surface area contributed by atoms with E-state index in [0.29, 0.717) is 12.1 Å². The van der Waals surface area contributed by atoms with Gasteiger partial charge in [-0.15, -0.1) is 0 Å². The molecule has 3 aromatic rings. The lowest BCUT2D eigenvalue weighted by molar-refractivity contribution is -0.309. The van der Waals surface area contributed by atoms with Crippen molar-refractivity contribution in [3.8, 4) is 11.1 Å². The van der Waals surface area contributed by atoms with Crippen LogP contribution < -0.4 is 16.0 Å². The molecule has 3 aromatic carbocycles. The van der Waals surface area contributed by atoms with E-state index in [9.17, 15) is 70.2 Å². The van der Waals surface area contributed by atoms with Gasteiger partial charge in [0.1, 0.15) is 24.9 Å². The minimum atomic E-state index is -2.39. The monoisotopic (exact) mass is 1350 g/mol. The number of amides is 3. The number of carbonyl (C=O) groups excluding carboxylic acids is 4. The quantitative estimate of drug-likeness (QED) is 0.108. The minimum Gasteiger partial charge on any atom is -0.462 e. The van der Waals surface area contributed by atoms with Crippen LogP contribution in [0.4, 0.5) is 4.79 Å². The van der Waals surface area contributed by atoms with E-state index in [0.717, 1.165) is 22.3 Å². The van der Waals surface area contributed by atoms with Crippen molar-refractivity contribution >= 4 is 23.9 Å². The zero-order valence-electron chi connectivity index (χ0n) is 56.1. The van der Waals surface area contributed by atoms with Crippen LogP contribution in [0.1, 0.15) is 112 Å². The average Bonchev–Trinajstić information content (AvgIpc) is 1.77. The molecule has 530 valence electrons. The highest BCUT2D eigenvalue weighted by Gasteiger charge is 2.51. The zero-order chi connectivity index (χ0) is 70.3. The summed E-state index contributed by atoms with van der Waals surface area (Å²) < 4.78 is 30.1. The molecule has 19 atom stereocenters. The highest BCUT2D eigenvalue weighted by atomic mass is 16.7. The molecule has 7 rings (SSSR count). The standard InChI is InChI=1S/C74H100N4O19/c1-45-23-17-15-13-11-9-7-8-10-12-14-16-18-24-54(96-72-69(88)66(68(87)48(4)95-72)77-70(89)50-31-29-49(30-32-50)43-76-73(91)93-44-59-57-27-21-19-25-55(57)56-26-20-22-28-58(56)59)40-63-65(71(90)75-35-36-78(5)6)62(84)42-74(92,97-63)41-61(83)60(82)34-33-51(79)37-52(80)38-53(81)39-64(85)94-47(3)46(2)67(45)86/h7-32,45-48,51-54,59-63,65-69,72,79-84,86-88,92H,33-44H2,1-6H3,(H,75,90)(H,76,91)(H,77,89)/b8-7+,11-9+,12-10+,15-13+,16-14+,23-17+,24-18+/t45-,46-,47-,48+,51+,52+,53+,54-,60+,61+,62-,63-,65+,66-,67+,68+,69-,72-,74+/m0/s1. The number of nitrogens with zero attached hydrogens (tertiary/aromatic N) is 1. The van der Waals surface area contributed by atoms with E-state index in [1.54, 1.807) is 86.7 Å². The molecule has 1 aliphatic carbocycles. The van der Waals surface area contributed by atoms with E-state index >= 15 is 0 Å². The fourth-order valence-electron chi connectivity index (χ4n) is 12.5. The van der Waals surface area contributed by atoms with Crippen LogP contribution in [0.15, 0.2) is 158 Å². The fourth-order valence-corrected chi connectivity index (χ4v) is 12.5. The van der Waals surface area contributed by atoms with E-state index in [-0.39, 0.29) is 69.2 Å². The number of rotatable bonds is 12. The molecular formula is C74H100N4O19. The zero-order valence-corrected chi connectivity index (χ0v) is 56.1. The van der Waals surface area contributed by atoms with Gasteiger partial charge in [0.25, 0.3) is 5.91 Å². The second kappa shape index (κ2) is 37.8. The first-order valence-electron chi connectivity index (χ1n) is 33.4. The lowest BCUT2D eigenvalue weighted by Gasteiger charge is -2.46. The summed E-state index contributed by atoms with van der Waals surface area (Å²) in [5.41, 5.74) is 5.18. The Morgan fingerprint density at radius 1 is 0.629 bits per heavy atom. The number of benzene rings is 3. The van der Waals surface area contributed by atoms with E-state index in [4.69, 9.17) is 23.7 Å². The lowest BCUT2D eigenvalue weighted by atomic mass is 9.82.